The number of hydrogen-bond donors (Lipinski definition) is 1. The van der Waals surface area contributed by atoms with E-state index in [-0.39, 0.29) is 17.4 Å². The molecule has 154 valence electrons. The quantitative estimate of drug-likeness (QED) is 0.301. The van der Waals surface area contributed by atoms with Crippen molar-refractivity contribution in [3.8, 4) is 11.3 Å². The number of benzene rings is 2. The molecule has 2 heterocycles. The van der Waals surface area contributed by atoms with E-state index in [1.54, 1.807) is 24.3 Å². The lowest BCUT2D eigenvalue weighted by Gasteiger charge is -2.25. The van der Waals surface area contributed by atoms with E-state index in [1.165, 1.54) is 19.2 Å². The van der Waals surface area contributed by atoms with Crippen molar-refractivity contribution in [2.24, 2.45) is 0 Å². The summed E-state index contributed by atoms with van der Waals surface area (Å²) in [7, 11) is 1.33. The number of nitrogens with zero attached hydrogens (tertiary/aromatic N) is 4. The van der Waals surface area contributed by atoms with Gasteiger partial charge in [-0.3, -0.25) is 10.1 Å². The van der Waals surface area contributed by atoms with E-state index >= 15 is 0 Å². The van der Waals surface area contributed by atoms with Gasteiger partial charge in [0.15, 0.2) is 5.82 Å². The third kappa shape index (κ3) is 3.38. The van der Waals surface area contributed by atoms with E-state index in [4.69, 9.17) is 20.4 Å². The van der Waals surface area contributed by atoms with Gasteiger partial charge in [-0.2, -0.15) is 0 Å². The lowest BCUT2D eigenvalue weighted by Crippen LogP contribution is -2.28. The molecule has 1 aromatic heterocycles. The number of methoxy groups -OCH3 is 1. The Morgan fingerprint density at radius 1 is 1.23 bits per heavy atom. The van der Waals surface area contributed by atoms with E-state index in [9.17, 15) is 14.9 Å². The molecule has 1 aliphatic rings. The number of ether oxygens (including phenoxy) is 1. The minimum atomic E-state index is -0.506. The van der Waals surface area contributed by atoms with Crippen molar-refractivity contribution in [2.45, 2.75) is 25.8 Å². The Kier molecular flexibility index (Phi) is 4.94. The molecule has 1 atom stereocenters. The van der Waals surface area contributed by atoms with Gasteiger partial charge in [0.2, 0.25) is 0 Å². The van der Waals surface area contributed by atoms with Crippen LogP contribution in [0.4, 0.5) is 17.2 Å². The van der Waals surface area contributed by atoms with Gasteiger partial charge in [0.1, 0.15) is 11.4 Å². The van der Waals surface area contributed by atoms with Gasteiger partial charge in [-0.25, -0.2) is 14.8 Å². The molecule has 0 aliphatic carbocycles. The highest BCUT2D eigenvalue weighted by Gasteiger charge is 2.27. The number of hydrogen-bond acceptors (Lipinski definition) is 8. The molecule has 0 bridgehead atoms. The van der Waals surface area contributed by atoms with Crippen LogP contribution in [-0.2, 0) is 4.74 Å². The zero-order valence-electron chi connectivity index (χ0n) is 16.7. The maximum Gasteiger partial charge on any atom is 0.337 e. The third-order valence-corrected chi connectivity index (χ3v) is 5.39. The van der Waals surface area contributed by atoms with Crippen molar-refractivity contribution >= 4 is 34.2 Å². The number of rotatable bonds is 4. The predicted molar refractivity (Wildman–Crippen MR) is 113 cm³/mol. The highest BCUT2D eigenvalue weighted by atomic mass is 16.6. The fourth-order valence-corrected chi connectivity index (χ4v) is 3.78. The first-order chi connectivity index (χ1) is 14.4. The minimum absolute atomic E-state index is 0.0938. The maximum absolute atomic E-state index is 11.9. The molecule has 30 heavy (non-hydrogen) atoms. The molecular weight excluding hydrogens is 386 g/mol. The molecular formula is C21H21N5O4. The van der Waals surface area contributed by atoms with Crippen LogP contribution in [0.2, 0.25) is 0 Å². The highest BCUT2D eigenvalue weighted by Crippen LogP contribution is 2.36. The summed E-state index contributed by atoms with van der Waals surface area (Å²) in [5, 5.41) is 11.4. The molecule has 9 heteroatoms. The first-order valence-corrected chi connectivity index (χ1v) is 9.60. The van der Waals surface area contributed by atoms with E-state index in [0.29, 0.717) is 33.7 Å². The highest BCUT2D eigenvalue weighted by molar-refractivity contribution is 5.94. The van der Waals surface area contributed by atoms with Crippen LogP contribution in [0.15, 0.2) is 36.4 Å². The third-order valence-electron chi connectivity index (χ3n) is 5.39. The van der Waals surface area contributed by atoms with E-state index in [2.05, 4.69) is 11.8 Å². The summed E-state index contributed by atoms with van der Waals surface area (Å²) in [4.78, 5) is 34.5. The lowest BCUT2D eigenvalue weighted by molar-refractivity contribution is -0.383. The van der Waals surface area contributed by atoms with Crippen LogP contribution in [0, 0.1) is 10.1 Å². The Hall–Kier alpha value is -3.75. The monoisotopic (exact) mass is 407 g/mol. The van der Waals surface area contributed by atoms with Crippen molar-refractivity contribution < 1.29 is 14.5 Å². The van der Waals surface area contributed by atoms with E-state index < -0.39 is 10.9 Å². The van der Waals surface area contributed by atoms with Crippen LogP contribution in [0.5, 0.6) is 0 Å². The molecule has 1 aliphatic heterocycles. The summed E-state index contributed by atoms with van der Waals surface area (Å²) in [6.45, 7) is 2.92. The molecule has 9 nitrogen and oxygen atoms in total. The Labute approximate surface area is 172 Å². The van der Waals surface area contributed by atoms with Gasteiger partial charge in [0, 0.05) is 24.2 Å². The minimum Gasteiger partial charge on any atom is -0.465 e. The molecule has 0 radical (unpaired) electrons. The zero-order valence-corrected chi connectivity index (χ0v) is 16.7. The number of nitro groups is 1. The van der Waals surface area contributed by atoms with Crippen LogP contribution < -0.4 is 10.6 Å². The van der Waals surface area contributed by atoms with Crippen molar-refractivity contribution in [1.82, 2.24) is 9.97 Å². The molecule has 0 spiro atoms. The second-order valence-corrected chi connectivity index (χ2v) is 7.31. The second-order valence-electron chi connectivity index (χ2n) is 7.31. The Balaban J connectivity index is 1.94. The molecule has 2 aromatic carbocycles. The number of carbonyl (C=O) groups excluding carboxylic acids is 1. The number of anilines is 2. The zero-order chi connectivity index (χ0) is 21.4. The average Bonchev–Trinajstić information content (AvgIpc) is 3.17. The van der Waals surface area contributed by atoms with Gasteiger partial charge in [-0.15, -0.1) is 0 Å². The second kappa shape index (κ2) is 7.58. The van der Waals surface area contributed by atoms with Gasteiger partial charge >= 0.3 is 5.97 Å². The number of nitrogens with two attached hydrogens (primary N) is 1. The molecule has 1 unspecified atom stereocenters. The molecule has 0 saturated carbocycles. The maximum atomic E-state index is 11.9. The van der Waals surface area contributed by atoms with Crippen molar-refractivity contribution in [3.63, 3.8) is 0 Å². The van der Waals surface area contributed by atoms with Crippen molar-refractivity contribution in [3.05, 3.63) is 52.1 Å². The molecule has 3 aromatic rings. The van der Waals surface area contributed by atoms with Crippen LogP contribution in [0.3, 0.4) is 0 Å². The van der Waals surface area contributed by atoms with Crippen LogP contribution in [0.25, 0.3) is 22.3 Å². The van der Waals surface area contributed by atoms with Crippen LogP contribution >= 0.6 is 0 Å². The summed E-state index contributed by atoms with van der Waals surface area (Å²) in [5.74, 6) is 0.182. The standard InChI is InChI=1S/C21H21N5O4/c1-12-4-3-9-25(12)20-19(13-5-7-15(22)18(11-13)26(28)29)23-16-8-6-14(21(27)30-2)10-17(16)24-20/h5-8,10-12H,3-4,9,22H2,1-2H3. The average molecular weight is 407 g/mol. The normalized spacial score (nSPS) is 16.1. The summed E-state index contributed by atoms with van der Waals surface area (Å²) >= 11 is 0. The summed E-state index contributed by atoms with van der Waals surface area (Å²) < 4.78 is 4.80. The SMILES string of the molecule is COC(=O)c1ccc2nc(-c3ccc(N)c([N+](=O)[O-])c3)c(N3CCCC3C)nc2c1. The van der Waals surface area contributed by atoms with Gasteiger partial charge < -0.3 is 15.4 Å². The summed E-state index contributed by atoms with van der Waals surface area (Å²) in [5.41, 5.74) is 8.32. The smallest absolute Gasteiger partial charge is 0.337 e. The summed E-state index contributed by atoms with van der Waals surface area (Å²) in [6.07, 6.45) is 2.04. The Bertz CT molecular complexity index is 1160. The molecule has 4 rings (SSSR count). The van der Waals surface area contributed by atoms with Crippen LogP contribution in [-0.4, -0.2) is 40.6 Å². The molecule has 0 amide bonds. The molecule has 2 N–H and O–H groups in total. The summed E-state index contributed by atoms with van der Waals surface area (Å²) in [6, 6.07) is 9.87. The van der Waals surface area contributed by atoms with Gasteiger partial charge in [-0.05, 0) is 44.0 Å². The number of fused-ring (bicyclic) bond motifs is 1. The first kappa shape index (κ1) is 19.6. The lowest BCUT2D eigenvalue weighted by atomic mass is 10.1. The van der Waals surface area contributed by atoms with Crippen LogP contribution in [0.1, 0.15) is 30.1 Å². The van der Waals surface area contributed by atoms with E-state index in [1.807, 2.05) is 0 Å². The van der Waals surface area contributed by atoms with Gasteiger partial charge in [-0.1, -0.05) is 6.07 Å². The largest absolute Gasteiger partial charge is 0.465 e. The Morgan fingerprint density at radius 2 is 2.03 bits per heavy atom. The van der Waals surface area contributed by atoms with Crippen molar-refractivity contribution in [2.75, 3.05) is 24.3 Å². The Morgan fingerprint density at radius 3 is 2.70 bits per heavy atom. The van der Waals surface area contributed by atoms with Crippen molar-refractivity contribution in [1.29, 1.82) is 0 Å². The van der Waals surface area contributed by atoms with Gasteiger partial charge in [0.25, 0.3) is 5.69 Å². The fourth-order valence-electron chi connectivity index (χ4n) is 3.78. The number of nitrogen functional groups attached to an aromatic ring is 1. The fraction of sp³-hybridized carbons (Fsp3) is 0.286. The first-order valence-electron chi connectivity index (χ1n) is 9.60. The number of aromatic nitrogens is 2. The van der Waals surface area contributed by atoms with Gasteiger partial charge in [0.05, 0.1) is 28.6 Å². The molecule has 1 saturated heterocycles. The van der Waals surface area contributed by atoms with E-state index in [0.717, 1.165) is 19.4 Å². The molecule has 1 fully saturated rings. The number of carbonyl (C=O) groups is 1. The topological polar surface area (TPSA) is 124 Å². The number of nitro benzene ring substituents is 1. The predicted octanol–water partition coefficient (Wildman–Crippen LogP) is 3.56. The number of esters is 1.